The number of carboxylic acids is 1. The van der Waals surface area contributed by atoms with Crippen molar-refractivity contribution in [3.8, 4) is 0 Å². The van der Waals surface area contributed by atoms with Crippen LogP contribution in [0.2, 0.25) is 0 Å². The summed E-state index contributed by atoms with van der Waals surface area (Å²) in [6, 6.07) is 0.317. The Morgan fingerprint density at radius 1 is 1.06 bits per heavy atom. The van der Waals surface area contributed by atoms with E-state index in [1.165, 1.54) is 6.42 Å². The second kappa shape index (κ2) is 5.29. The molecule has 1 aliphatic heterocycles. The summed E-state index contributed by atoms with van der Waals surface area (Å²) in [7, 11) is 0. The van der Waals surface area contributed by atoms with E-state index in [0.717, 1.165) is 19.4 Å². The molecule has 0 aromatic rings. The molecule has 1 N–H and O–H groups in total. The number of hydrogen-bond donors (Lipinski definition) is 1. The molecule has 1 heterocycles. The third-order valence-electron chi connectivity index (χ3n) is 4.53. The fourth-order valence-electron chi connectivity index (χ4n) is 3.26. The summed E-state index contributed by atoms with van der Waals surface area (Å²) >= 11 is 0. The quantitative estimate of drug-likeness (QED) is 0.820. The van der Waals surface area contributed by atoms with E-state index >= 15 is 0 Å². The predicted octanol–water partition coefficient (Wildman–Crippen LogP) is 2.13. The van der Waals surface area contributed by atoms with Crippen molar-refractivity contribution in [3.05, 3.63) is 0 Å². The first-order valence-corrected chi connectivity index (χ1v) is 7.02. The standard InChI is InChI=1S/C14H23NO3/c1-9-3-4-10(2)15(8-9)13(16)11-5-6-12(7-11)14(17)18/h9-12H,3-8H2,1-2H3,(H,17,18)/t9?,10?,11-,12+/m1/s1. The van der Waals surface area contributed by atoms with Crippen LogP contribution in [0.25, 0.3) is 0 Å². The van der Waals surface area contributed by atoms with Crippen LogP contribution in [0.1, 0.15) is 46.0 Å². The number of likely N-dealkylation sites (tertiary alicyclic amines) is 1. The van der Waals surface area contributed by atoms with Gasteiger partial charge in [-0.2, -0.15) is 0 Å². The Morgan fingerprint density at radius 2 is 1.72 bits per heavy atom. The van der Waals surface area contributed by atoms with E-state index in [1.54, 1.807) is 0 Å². The van der Waals surface area contributed by atoms with Crippen molar-refractivity contribution in [2.75, 3.05) is 6.54 Å². The molecule has 2 unspecified atom stereocenters. The molecule has 1 aliphatic carbocycles. The molecule has 2 aliphatic rings. The molecular formula is C14H23NO3. The molecule has 0 aromatic carbocycles. The van der Waals surface area contributed by atoms with Gasteiger partial charge < -0.3 is 10.0 Å². The highest BCUT2D eigenvalue weighted by molar-refractivity contribution is 5.81. The molecule has 0 spiro atoms. The zero-order valence-corrected chi connectivity index (χ0v) is 11.3. The van der Waals surface area contributed by atoms with Crippen LogP contribution in [0.5, 0.6) is 0 Å². The van der Waals surface area contributed by atoms with Gasteiger partial charge in [0.15, 0.2) is 0 Å². The first-order valence-electron chi connectivity index (χ1n) is 7.02. The molecule has 1 saturated carbocycles. The molecule has 0 aromatic heterocycles. The lowest BCUT2D eigenvalue weighted by Gasteiger charge is -2.38. The number of amides is 1. The molecule has 0 bridgehead atoms. The first kappa shape index (κ1) is 13.4. The summed E-state index contributed by atoms with van der Waals surface area (Å²) in [6.45, 7) is 5.13. The largest absolute Gasteiger partial charge is 0.481 e. The van der Waals surface area contributed by atoms with Crippen molar-refractivity contribution in [2.45, 2.75) is 52.0 Å². The van der Waals surface area contributed by atoms with Crippen LogP contribution in [0, 0.1) is 17.8 Å². The highest BCUT2D eigenvalue weighted by Crippen LogP contribution is 2.34. The zero-order chi connectivity index (χ0) is 13.3. The Kier molecular flexibility index (Phi) is 3.93. The van der Waals surface area contributed by atoms with Crippen molar-refractivity contribution in [1.82, 2.24) is 4.90 Å². The fourth-order valence-corrected chi connectivity index (χ4v) is 3.26. The second-order valence-electron chi connectivity index (χ2n) is 6.07. The summed E-state index contributed by atoms with van der Waals surface area (Å²) in [4.78, 5) is 25.4. The van der Waals surface area contributed by atoms with Gasteiger partial charge in [0.1, 0.15) is 0 Å². The normalized spacial score (nSPS) is 36.7. The maximum absolute atomic E-state index is 12.5. The predicted molar refractivity (Wildman–Crippen MR) is 68.0 cm³/mol. The number of hydrogen-bond acceptors (Lipinski definition) is 2. The van der Waals surface area contributed by atoms with Gasteiger partial charge in [0, 0.05) is 18.5 Å². The van der Waals surface area contributed by atoms with Crippen LogP contribution in [-0.2, 0) is 9.59 Å². The van der Waals surface area contributed by atoms with Crippen LogP contribution in [0.15, 0.2) is 0 Å². The van der Waals surface area contributed by atoms with E-state index in [2.05, 4.69) is 13.8 Å². The van der Waals surface area contributed by atoms with Gasteiger partial charge in [0.25, 0.3) is 0 Å². The Morgan fingerprint density at radius 3 is 2.33 bits per heavy atom. The molecule has 2 fully saturated rings. The summed E-state index contributed by atoms with van der Waals surface area (Å²) in [5, 5.41) is 8.99. The molecule has 4 nitrogen and oxygen atoms in total. The van der Waals surface area contributed by atoms with Gasteiger partial charge in [-0.15, -0.1) is 0 Å². The number of rotatable bonds is 2. The monoisotopic (exact) mass is 253 g/mol. The number of carbonyl (C=O) groups excluding carboxylic acids is 1. The third-order valence-corrected chi connectivity index (χ3v) is 4.53. The third kappa shape index (κ3) is 2.68. The molecule has 1 saturated heterocycles. The van der Waals surface area contributed by atoms with Crippen molar-refractivity contribution in [2.24, 2.45) is 17.8 Å². The Balaban J connectivity index is 1.97. The van der Waals surface area contributed by atoms with Gasteiger partial charge >= 0.3 is 5.97 Å². The first-order chi connectivity index (χ1) is 8.49. The maximum Gasteiger partial charge on any atom is 0.306 e. The van der Waals surface area contributed by atoms with Crippen LogP contribution in [0.4, 0.5) is 0 Å². The van der Waals surface area contributed by atoms with Crippen molar-refractivity contribution in [3.63, 3.8) is 0 Å². The van der Waals surface area contributed by atoms with Crippen molar-refractivity contribution < 1.29 is 14.7 Å². The SMILES string of the molecule is CC1CCC(C)N(C(=O)[C@@H]2CC[C@H](C(=O)O)C2)C1. The molecule has 0 radical (unpaired) electrons. The van der Waals surface area contributed by atoms with E-state index in [0.29, 0.717) is 24.8 Å². The van der Waals surface area contributed by atoms with Crippen molar-refractivity contribution in [1.29, 1.82) is 0 Å². The maximum atomic E-state index is 12.5. The zero-order valence-electron chi connectivity index (χ0n) is 11.3. The van der Waals surface area contributed by atoms with E-state index in [-0.39, 0.29) is 17.7 Å². The average molecular weight is 253 g/mol. The molecule has 2 rings (SSSR count). The van der Waals surface area contributed by atoms with Gasteiger partial charge in [-0.1, -0.05) is 6.92 Å². The Bertz CT molecular complexity index is 342. The second-order valence-corrected chi connectivity index (χ2v) is 6.07. The van der Waals surface area contributed by atoms with E-state index in [9.17, 15) is 9.59 Å². The summed E-state index contributed by atoms with van der Waals surface area (Å²) in [5.41, 5.74) is 0. The molecule has 18 heavy (non-hydrogen) atoms. The number of piperidine rings is 1. The molecular weight excluding hydrogens is 230 g/mol. The lowest BCUT2D eigenvalue weighted by molar-refractivity contribution is -0.142. The Hall–Kier alpha value is -1.06. The number of carboxylic acid groups (broad SMARTS) is 1. The van der Waals surface area contributed by atoms with E-state index < -0.39 is 5.97 Å². The number of nitrogens with zero attached hydrogens (tertiary/aromatic N) is 1. The van der Waals surface area contributed by atoms with Gasteiger partial charge in [0.2, 0.25) is 5.91 Å². The van der Waals surface area contributed by atoms with E-state index in [1.807, 2.05) is 4.90 Å². The topological polar surface area (TPSA) is 57.6 Å². The Labute approximate surface area is 108 Å². The van der Waals surface area contributed by atoms with Gasteiger partial charge in [-0.05, 0) is 44.9 Å². The molecule has 4 heteroatoms. The number of aliphatic carboxylic acids is 1. The minimum atomic E-state index is -0.745. The van der Waals surface area contributed by atoms with Crippen LogP contribution in [0.3, 0.4) is 0 Å². The molecule has 1 amide bonds. The summed E-state index contributed by atoms with van der Waals surface area (Å²) in [6.07, 6.45) is 4.19. The van der Waals surface area contributed by atoms with Crippen LogP contribution < -0.4 is 0 Å². The van der Waals surface area contributed by atoms with Gasteiger partial charge in [0.05, 0.1) is 5.92 Å². The number of carbonyl (C=O) groups is 2. The van der Waals surface area contributed by atoms with Gasteiger partial charge in [-0.3, -0.25) is 9.59 Å². The lowest BCUT2D eigenvalue weighted by atomic mass is 9.93. The smallest absolute Gasteiger partial charge is 0.306 e. The molecule has 4 atom stereocenters. The van der Waals surface area contributed by atoms with Crippen LogP contribution in [-0.4, -0.2) is 34.5 Å². The molecule has 102 valence electrons. The minimum absolute atomic E-state index is 0.0566. The lowest BCUT2D eigenvalue weighted by Crippen LogP contribution is -2.47. The fraction of sp³-hybridized carbons (Fsp3) is 0.857. The van der Waals surface area contributed by atoms with Crippen LogP contribution >= 0.6 is 0 Å². The van der Waals surface area contributed by atoms with Crippen molar-refractivity contribution >= 4 is 11.9 Å². The highest BCUT2D eigenvalue weighted by Gasteiger charge is 2.38. The highest BCUT2D eigenvalue weighted by atomic mass is 16.4. The summed E-state index contributed by atoms with van der Waals surface area (Å²) < 4.78 is 0. The summed E-state index contributed by atoms with van der Waals surface area (Å²) in [5.74, 6) is -0.347. The average Bonchev–Trinajstić information content (AvgIpc) is 2.81. The minimum Gasteiger partial charge on any atom is -0.481 e. The van der Waals surface area contributed by atoms with E-state index in [4.69, 9.17) is 5.11 Å². The van der Waals surface area contributed by atoms with Gasteiger partial charge in [-0.25, -0.2) is 0 Å².